The Bertz CT molecular complexity index is 727. The van der Waals surface area contributed by atoms with E-state index in [9.17, 15) is 4.79 Å². The number of hydrogen-bond acceptors (Lipinski definition) is 3. The van der Waals surface area contributed by atoms with E-state index >= 15 is 0 Å². The van der Waals surface area contributed by atoms with Gasteiger partial charge in [-0.1, -0.05) is 59.8 Å². The van der Waals surface area contributed by atoms with E-state index in [4.69, 9.17) is 9.47 Å². The molecule has 0 heterocycles. The predicted molar refractivity (Wildman–Crippen MR) is 156 cm³/mol. The van der Waals surface area contributed by atoms with E-state index in [0.717, 1.165) is 42.9 Å². The van der Waals surface area contributed by atoms with Crippen molar-refractivity contribution in [2.45, 2.75) is 169 Å². The van der Waals surface area contributed by atoms with Gasteiger partial charge in [0.1, 0.15) is 5.60 Å². The first-order valence-corrected chi connectivity index (χ1v) is 16.2. The Morgan fingerprint density at radius 1 is 0.865 bits per heavy atom. The van der Waals surface area contributed by atoms with E-state index in [2.05, 4.69) is 41.5 Å². The Hall–Kier alpha value is -0.570. The van der Waals surface area contributed by atoms with Gasteiger partial charge in [0.05, 0.1) is 12.2 Å². The summed E-state index contributed by atoms with van der Waals surface area (Å²) in [7, 11) is 0. The molecular formula is C34H62O3. The van der Waals surface area contributed by atoms with Crippen molar-refractivity contribution in [2.75, 3.05) is 6.61 Å². The van der Waals surface area contributed by atoms with E-state index in [1.54, 1.807) is 0 Å². The number of carbonyl (C=O) groups is 1. The molecule has 0 aromatic rings. The maximum absolute atomic E-state index is 12.7. The van der Waals surface area contributed by atoms with Crippen LogP contribution in [-0.2, 0) is 14.3 Å². The Kier molecular flexibility index (Phi) is 10.7. The molecule has 216 valence electrons. The fourth-order valence-electron chi connectivity index (χ4n) is 9.08. The van der Waals surface area contributed by atoms with Crippen molar-refractivity contribution in [3.63, 3.8) is 0 Å². The lowest BCUT2D eigenvalue weighted by atomic mass is 9.48. The molecule has 0 radical (unpaired) electrons. The van der Waals surface area contributed by atoms with E-state index in [0.29, 0.717) is 23.9 Å². The Labute approximate surface area is 230 Å². The third kappa shape index (κ3) is 7.76. The molecule has 6 atom stereocenters. The smallest absolute Gasteiger partial charge is 0.306 e. The van der Waals surface area contributed by atoms with Gasteiger partial charge in [-0.2, -0.15) is 0 Å². The molecule has 3 nitrogen and oxygen atoms in total. The first kappa shape index (κ1) is 31.0. The van der Waals surface area contributed by atoms with Crippen LogP contribution < -0.4 is 0 Å². The third-order valence-electron chi connectivity index (χ3n) is 11.2. The summed E-state index contributed by atoms with van der Waals surface area (Å²) in [6, 6.07) is 0. The first-order valence-electron chi connectivity index (χ1n) is 16.2. The minimum Gasteiger partial charge on any atom is -0.457 e. The minimum atomic E-state index is -0.574. The van der Waals surface area contributed by atoms with Gasteiger partial charge in [-0.05, 0) is 126 Å². The summed E-state index contributed by atoms with van der Waals surface area (Å²) in [5, 5.41) is 0. The van der Waals surface area contributed by atoms with E-state index in [1.165, 1.54) is 77.0 Å². The number of carbonyl (C=O) groups excluding carboxylic acids is 1. The second kappa shape index (κ2) is 12.7. The monoisotopic (exact) mass is 518 g/mol. The van der Waals surface area contributed by atoms with Gasteiger partial charge in [-0.25, -0.2) is 0 Å². The number of fused-ring (bicyclic) bond motifs is 3. The highest BCUT2D eigenvalue weighted by Crippen LogP contribution is 2.65. The molecule has 0 aliphatic heterocycles. The van der Waals surface area contributed by atoms with Crippen LogP contribution in [0.1, 0.15) is 158 Å². The summed E-state index contributed by atoms with van der Waals surface area (Å²) in [4.78, 5) is 12.7. The number of hydrogen-bond donors (Lipinski definition) is 0. The van der Waals surface area contributed by atoms with Crippen LogP contribution >= 0.6 is 0 Å². The molecule has 0 N–H and O–H groups in total. The quantitative estimate of drug-likeness (QED) is 0.169. The average Bonchev–Trinajstić information content (AvgIpc) is 3.15. The van der Waals surface area contributed by atoms with Crippen LogP contribution in [0.3, 0.4) is 0 Å². The van der Waals surface area contributed by atoms with Crippen LogP contribution in [0.15, 0.2) is 0 Å². The molecule has 0 bridgehead atoms. The topological polar surface area (TPSA) is 35.5 Å². The molecule has 0 spiro atoms. The Balaban J connectivity index is 1.48. The summed E-state index contributed by atoms with van der Waals surface area (Å²) < 4.78 is 12.0. The zero-order valence-electron chi connectivity index (χ0n) is 26.1. The Morgan fingerprint density at radius 2 is 1.62 bits per heavy atom. The molecule has 0 aromatic carbocycles. The van der Waals surface area contributed by atoms with Gasteiger partial charge in [0, 0.05) is 6.42 Å². The summed E-state index contributed by atoms with van der Waals surface area (Å²) in [6.45, 7) is 18.4. The second-order valence-corrected chi connectivity index (χ2v) is 15.1. The van der Waals surface area contributed by atoms with Gasteiger partial charge in [-0.15, -0.1) is 0 Å². The van der Waals surface area contributed by atoms with Gasteiger partial charge in [-0.3, -0.25) is 4.79 Å². The van der Waals surface area contributed by atoms with Crippen molar-refractivity contribution in [2.24, 2.45) is 34.5 Å². The van der Waals surface area contributed by atoms with Crippen molar-refractivity contribution in [3.05, 3.63) is 0 Å². The van der Waals surface area contributed by atoms with Crippen molar-refractivity contribution >= 4 is 5.97 Å². The van der Waals surface area contributed by atoms with Crippen LogP contribution in [0.4, 0.5) is 0 Å². The normalized spacial score (nSPS) is 34.2. The summed E-state index contributed by atoms with van der Waals surface area (Å²) >= 11 is 0. The number of esters is 1. The highest BCUT2D eigenvalue weighted by molar-refractivity contribution is 5.69. The van der Waals surface area contributed by atoms with Crippen LogP contribution in [0.5, 0.6) is 0 Å². The molecule has 3 aliphatic rings. The van der Waals surface area contributed by atoms with Crippen molar-refractivity contribution in [1.82, 2.24) is 0 Å². The third-order valence-corrected chi connectivity index (χ3v) is 11.2. The van der Waals surface area contributed by atoms with Crippen LogP contribution in [0.25, 0.3) is 0 Å². The lowest BCUT2D eigenvalue weighted by molar-refractivity contribution is -0.169. The molecule has 3 saturated carbocycles. The SMILES string of the molecule is CCCCC[C@@]1(C)CCC[C@@H]2C1CC[C@]1(C)C(CCCC(=O)OC(C)(C)COC(C)(C)CCC)CCC21. The first-order chi connectivity index (χ1) is 17.4. The van der Waals surface area contributed by atoms with Crippen molar-refractivity contribution in [3.8, 4) is 0 Å². The molecule has 3 aliphatic carbocycles. The molecule has 0 aromatic heterocycles. The molecule has 3 unspecified atom stereocenters. The highest BCUT2D eigenvalue weighted by atomic mass is 16.6. The van der Waals surface area contributed by atoms with Gasteiger partial charge in [0.2, 0.25) is 0 Å². The van der Waals surface area contributed by atoms with Crippen molar-refractivity contribution < 1.29 is 14.3 Å². The largest absolute Gasteiger partial charge is 0.457 e. The Morgan fingerprint density at radius 3 is 2.32 bits per heavy atom. The molecule has 37 heavy (non-hydrogen) atoms. The van der Waals surface area contributed by atoms with Crippen LogP contribution in [0, 0.1) is 34.5 Å². The van der Waals surface area contributed by atoms with Gasteiger partial charge in [0.15, 0.2) is 0 Å². The van der Waals surface area contributed by atoms with E-state index in [1.807, 2.05) is 13.8 Å². The van der Waals surface area contributed by atoms with Crippen molar-refractivity contribution in [1.29, 1.82) is 0 Å². The van der Waals surface area contributed by atoms with E-state index < -0.39 is 5.60 Å². The predicted octanol–water partition coefficient (Wildman–Crippen LogP) is 9.90. The van der Waals surface area contributed by atoms with E-state index in [-0.39, 0.29) is 11.6 Å². The summed E-state index contributed by atoms with van der Waals surface area (Å²) in [6.07, 6.45) is 20.5. The van der Waals surface area contributed by atoms with Crippen LogP contribution in [0.2, 0.25) is 0 Å². The molecule has 3 fully saturated rings. The molecule has 3 rings (SSSR count). The number of unbranched alkanes of at least 4 members (excludes halogenated alkanes) is 2. The lowest BCUT2D eigenvalue weighted by Gasteiger charge is -2.57. The summed E-state index contributed by atoms with van der Waals surface area (Å²) in [5.74, 6) is 3.55. The lowest BCUT2D eigenvalue weighted by Crippen LogP contribution is -2.48. The maximum Gasteiger partial charge on any atom is 0.306 e. The van der Waals surface area contributed by atoms with Crippen LogP contribution in [-0.4, -0.2) is 23.8 Å². The number of ether oxygens (including phenoxy) is 2. The van der Waals surface area contributed by atoms with Gasteiger partial charge < -0.3 is 9.47 Å². The minimum absolute atomic E-state index is 0.0552. The molecule has 3 heteroatoms. The molecule has 0 amide bonds. The van der Waals surface area contributed by atoms with Gasteiger partial charge >= 0.3 is 5.97 Å². The average molecular weight is 519 g/mol. The molecular weight excluding hydrogens is 456 g/mol. The highest BCUT2D eigenvalue weighted by Gasteiger charge is 2.57. The number of rotatable bonds is 14. The maximum atomic E-state index is 12.7. The standard InChI is InChI=1S/C34H62O3/c1-9-11-12-22-33(7)23-14-16-27-28(33)20-24-34(8)26(18-19-29(27)34)15-13-17-30(35)37-32(5,6)25-36-31(3,4)21-10-2/h26-29H,9-25H2,1-8H3/t26?,27-,28?,29?,33+,34-/m1/s1. The van der Waals surface area contributed by atoms with Gasteiger partial charge in [0.25, 0.3) is 0 Å². The fourth-order valence-corrected chi connectivity index (χ4v) is 9.08. The zero-order chi connectivity index (χ0) is 27.3. The molecule has 0 saturated heterocycles. The fraction of sp³-hybridized carbons (Fsp3) is 0.971. The summed E-state index contributed by atoms with van der Waals surface area (Å²) in [5.41, 5.74) is 0.334. The second-order valence-electron chi connectivity index (χ2n) is 15.1. The zero-order valence-corrected chi connectivity index (χ0v) is 26.1.